The predicted molar refractivity (Wildman–Crippen MR) is 70.7 cm³/mol. The lowest BCUT2D eigenvalue weighted by molar-refractivity contribution is 0.399. The number of nitrogens with zero attached hydrogens (tertiary/aromatic N) is 1. The zero-order valence-corrected chi connectivity index (χ0v) is 10.7. The largest absolute Gasteiger partial charge is 0.481 e. The molecule has 4 heteroatoms. The summed E-state index contributed by atoms with van der Waals surface area (Å²) >= 11 is 6.34. The Hall–Kier alpha value is -1.32. The average Bonchev–Trinajstić information content (AvgIpc) is 2.32. The summed E-state index contributed by atoms with van der Waals surface area (Å²) in [5.41, 5.74) is 7.68. The van der Waals surface area contributed by atoms with Crippen molar-refractivity contribution >= 4 is 22.5 Å². The van der Waals surface area contributed by atoms with Crippen LogP contribution in [0.25, 0.3) is 10.9 Å². The Kier molecular flexibility index (Phi) is 3.50. The Morgan fingerprint density at radius 1 is 1.35 bits per heavy atom. The highest BCUT2D eigenvalue weighted by atomic mass is 35.5. The lowest BCUT2D eigenvalue weighted by atomic mass is 10.0. The number of hydrogen-bond donors (Lipinski definition) is 1. The van der Waals surface area contributed by atoms with Gasteiger partial charge < -0.3 is 10.5 Å². The van der Waals surface area contributed by atoms with Crippen LogP contribution in [0.1, 0.15) is 12.5 Å². The van der Waals surface area contributed by atoms with Gasteiger partial charge >= 0.3 is 0 Å². The van der Waals surface area contributed by atoms with Crippen molar-refractivity contribution in [3.63, 3.8) is 0 Å². The quantitative estimate of drug-likeness (QED) is 0.911. The highest BCUT2D eigenvalue weighted by Crippen LogP contribution is 2.28. The van der Waals surface area contributed by atoms with Gasteiger partial charge in [-0.1, -0.05) is 17.7 Å². The molecule has 0 amide bonds. The van der Waals surface area contributed by atoms with Crippen LogP contribution in [-0.2, 0) is 6.42 Å². The second-order valence-electron chi connectivity index (χ2n) is 4.14. The summed E-state index contributed by atoms with van der Waals surface area (Å²) in [6.45, 7) is 1.97. The molecule has 2 N–H and O–H groups in total. The molecule has 1 aromatic carbocycles. The molecule has 2 rings (SSSR count). The lowest BCUT2D eigenvalue weighted by Crippen LogP contribution is -2.17. The molecule has 0 aliphatic carbocycles. The third-order valence-electron chi connectivity index (χ3n) is 2.61. The molecule has 0 aliphatic rings. The maximum Gasteiger partial charge on any atom is 0.213 e. The van der Waals surface area contributed by atoms with Crippen LogP contribution in [-0.4, -0.2) is 18.1 Å². The van der Waals surface area contributed by atoms with Crippen molar-refractivity contribution in [2.24, 2.45) is 5.73 Å². The van der Waals surface area contributed by atoms with E-state index >= 15 is 0 Å². The van der Waals surface area contributed by atoms with Crippen molar-refractivity contribution < 1.29 is 4.74 Å². The Morgan fingerprint density at radius 2 is 2.12 bits per heavy atom. The summed E-state index contributed by atoms with van der Waals surface area (Å²) in [6, 6.07) is 7.75. The van der Waals surface area contributed by atoms with Crippen LogP contribution in [0.2, 0.25) is 5.02 Å². The molecule has 3 nitrogen and oxygen atoms in total. The van der Waals surface area contributed by atoms with E-state index in [1.165, 1.54) is 0 Å². The molecule has 0 saturated carbocycles. The molecule has 0 bridgehead atoms. The highest BCUT2D eigenvalue weighted by molar-refractivity contribution is 6.36. The van der Waals surface area contributed by atoms with Gasteiger partial charge in [0.05, 0.1) is 17.6 Å². The fraction of sp³-hybridized carbons (Fsp3) is 0.308. The van der Waals surface area contributed by atoms with Gasteiger partial charge in [-0.25, -0.2) is 4.98 Å². The maximum atomic E-state index is 6.34. The molecule has 0 radical (unpaired) electrons. The zero-order valence-electron chi connectivity index (χ0n) is 9.90. The van der Waals surface area contributed by atoms with Gasteiger partial charge in [0.15, 0.2) is 0 Å². The Bertz CT molecular complexity index is 540. The van der Waals surface area contributed by atoms with Gasteiger partial charge in [-0.05, 0) is 31.0 Å². The van der Waals surface area contributed by atoms with Gasteiger partial charge in [0.2, 0.25) is 5.88 Å². The fourth-order valence-corrected chi connectivity index (χ4v) is 2.11. The lowest BCUT2D eigenvalue weighted by Gasteiger charge is -2.10. The molecule has 1 heterocycles. The number of nitrogens with two attached hydrogens (primary N) is 1. The first-order valence-corrected chi connectivity index (χ1v) is 5.87. The number of ether oxygens (including phenoxy) is 1. The normalized spacial score (nSPS) is 12.7. The minimum absolute atomic E-state index is 0.0937. The summed E-state index contributed by atoms with van der Waals surface area (Å²) in [4.78, 5) is 4.34. The number of halogens is 1. The molecule has 2 aromatic rings. The number of fused-ring (bicyclic) bond motifs is 1. The first-order chi connectivity index (χ1) is 8.11. The SMILES string of the molecule is COc1ccc2c(Cl)c(CC(C)N)ccc2n1. The van der Waals surface area contributed by atoms with Gasteiger partial charge in [-0.15, -0.1) is 0 Å². The highest BCUT2D eigenvalue weighted by Gasteiger charge is 2.08. The van der Waals surface area contributed by atoms with E-state index in [1.807, 2.05) is 31.2 Å². The molecular weight excluding hydrogens is 236 g/mol. The molecular formula is C13H15ClN2O. The molecule has 0 saturated heterocycles. The molecule has 1 aromatic heterocycles. The van der Waals surface area contributed by atoms with Crippen LogP contribution < -0.4 is 10.5 Å². The summed E-state index contributed by atoms with van der Waals surface area (Å²) in [5.74, 6) is 0.591. The summed E-state index contributed by atoms with van der Waals surface area (Å²) in [7, 11) is 1.60. The summed E-state index contributed by atoms with van der Waals surface area (Å²) in [6.07, 6.45) is 0.765. The molecule has 0 aliphatic heterocycles. The topological polar surface area (TPSA) is 48.1 Å². The van der Waals surface area contributed by atoms with Crippen molar-refractivity contribution in [1.82, 2.24) is 4.98 Å². The second kappa shape index (κ2) is 4.90. The van der Waals surface area contributed by atoms with E-state index in [2.05, 4.69) is 4.98 Å². The van der Waals surface area contributed by atoms with Gasteiger partial charge in [0, 0.05) is 17.5 Å². The van der Waals surface area contributed by atoms with Crippen molar-refractivity contribution in [2.75, 3.05) is 7.11 Å². The standard InChI is InChI=1S/C13H15ClN2O/c1-8(15)7-9-3-5-11-10(13(9)14)4-6-12(16-11)17-2/h3-6,8H,7,15H2,1-2H3. The van der Waals surface area contributed by atoms with E-state index < -0.39 is 0 Å². The molecule has 0 fully saturated rings. The van der Waals surface area contributed by atoms with Crippen LogP contribution >= 0.6 is 11.6 Å². The van der Waals surface area contributed by atoms with E-state index in [9.17, 15) is 0 Å². The van der Waals surface area contributed by atoms with Crippen LogP contribution in [0.3, 0.4) is 0 Å². The number of methoxy groups -OCH3 is 1. The van der Waals surface area contributed by atoms with E-state index in [4.69, 9.17) is 22.1 Å². The minimum Gasteiger partial charge on any atom is -0.481 e. The van der Waals surface area contributed by atoms with E-state index in [1.54, 1.807) is 7.11 Å². The Balaban J connectivity index is 2.52. The van der Waals surface area contributed by atoms with Crippen molar-refractivity contribution in [1.29, 1.82) is 0 Å². The van der Waals surface area contributed by atoms with Crippen LogP contribution in [0, 0.1) is 0 Å². The van der Waals surface area contributed by atoms with Gasteiger partial charge in [0.25, 0.3) is 0 Å². The third kappa shape index (κ3) is 2.51. The van der Waals surface area contributed by atoms with E-state index in [-0.39, 0.29) is 6.04 Å². The Labute approximate surface area is 106 Å². The molecule has 1 atom stereocenters. The van der Waals surface area contributed by atoms with Crippen molar-refractivity contribution in [3.05, 3.63) is 34.9 Å². The van der Waals surface area contributed by atoms with Crippen LogP contribution in [0.5, 0.6) is 5.88 Å². The minimum atomic E-state index is 0.0937. The zero-order chi connectivity index (χ0) is 12.4. The van der Waals surface area contributed by atoms with Crippen molar-refractivity contribution in [3.8, 4) is 5.88 Å². The number of aromatic nitrogens is 1. The first-order valence-electron chi connectivity index (χ1n) is 5.49. The Morgan fingerprint density at radius 3 is 2.76 bits per heavy atom. The van der Waals surface area contributed by atoms with Crippen molar-refractivity contribution in [2.45, 2.75) is 19.4 Å². The summed E-state index contributed by atoms with van der Waals surface area (Å²) < 4.78 is 5.08. The van der Waals surface area contributed by atoms with Crippen LogP contribution in [0.4, 0.5) is 0 Å². The number of rotatable bonds is 3. The molecule has 90 valence electrons. The first kappa shape index (κ1) is 12.1. The van der Waals surface area contributed by atoms with Gasteiger partial charge in [0.1, 0.15) is 0 Å². The smallest absolute Gasteiger partial charge is 0.213 e. The monoisotopic (exact) mass is 250 g/mol. The number of pyridine rings is 1. The molecule has 0 spiro atoms. The van der Waals surface area contributed by atoms with E-state index in [0.717, 1.165) is 27.9 Å². The number of hydrogen-bond acceptors (Lipinski definition) is 3. The predicted octanol–water partition coefficient (Wildman–Crippen LogP) is 2.79. The van der Waals surface area contributed by atoms with E-state index in [0.29, 0.717) is 5.88 Å². The fourth-order valence-electron chi connectivity index (χ4n) is 1.81. The average molecular weight is 251 g/mol. The number of benzene rings is 1. The van der Waals surface area contributed by atoms with Crippen LogP contribution in [0.15, 0.2) is 24.3 Å². The van der Waals surface area contributed by atoms with Gasteiger partial charge in [-0.2, -0.15) is 0 Å². The molecule has 17 heavy (non-hydrogen) atoms. The second-order valence-corrected chi connectivity index (χ2v) is 4.52. The van der Waals surface area contributed by atoms with Gasteiger partial charge in [-0.3, -0.25) is 0 Å². The molecule has 1 unspecified atom stereocenters. The third-order valence-corrected chi connectivity index (χ3v) is 3.06. The maximum absolute atomic E-state index is 6.34. The summed E-state index contributed by atoms with van der Waals surface area (Å²) in [5, 5.41) is 1.67.